The van der Waals surface area contributed by atoms with Crippen LogP contribution in [0.1, 0.15) is 28.3 Å². The number of benzene rings is 2. The van der Waals surface area contributed by atoms with Gasteiger partial charge in [-0.15, -0.1) is 0 Å². The van der Waals surface area contributed by atoms with Gasteiger partial charge in [-0.1, -0.05) is 54.6 Å². The maximum atomic E-state index is 12.9. The van der Waals surface area contributed by atoms with Crippen molar-refractivity contribution in [2.45, 2.75) is 30.2 Å². The molecule has 0 bridgehead atoms. The first-order valence-electron chi connectivity index (χ1n) is 10.0. The van der Waals surface area contributed by atoms with Crippen LogP contribution in [-0.4, -0.2) is 23.2 Å². The number of nitrogens with zero attached hydrogens (tertiary/aromatic N) is 1. The third-order valence-electron chi connectivity index (χ3n) is 6.21. The first-order valence-corrected chi connectivity index (χ1v) is 11.5. The molecule has 0 spiro atoms. The molecule has 1 N–H and O–H groups in total. The fraction of sp³-hybridized carbons (Fsp3) is 0.208. The van der Waals surface area contributed by atoms with Gasteiger partial charge < -0.3 is 0 Å². The van der Waals surface area contributed by atoms with Crippen molar-refractivity contribution >= 4 is 33.0 Å². The second-order valence-electron chi connectivity index (χ2n) is 8.10. The number of alkyl halides is 3. The molecule has 1 heterocycles. The van der Waals surface area contributed by atoms with Gasteiger partial charge in [0.2, 0.25) is 0 Å². The molecule has 0 fully saturated rings. The molecule has 4 nitrogen and oxygen atoms in total. The Kier molecular flexibility index (Phi) is 4.76. The fourth-order valence-electron chi connectivity index (χ4n) is 4.65. The van der Waals surface area contributed by atoms with Crippen molar-refractivity contribution in [3.63, 3.8) is 0 Å². The van der Waals surface area contributed by atoms with Gasteiger partial charge in [0, 0.05) is 12.1 Å². The van der Waals surface area contributed by atoms with Gasteiger partial charge in [0.25, 0.3) is 10.1 Å². The number of fused-ring (bicyclic) bond motifs is 5. The number of hydrogen-bond donors (Lipinski definition) is 1. The molecular weight excluding hydrogens is 439 g/mol. The minimum absolute atomic E-state index is 0.0486. The molecule has 0 saturated carbocycles. The zero-order chi connectivity index (χ0) is 22.7. The molecule has 32 heavy (non-hydrogen) atoms. The quantitative estimate of drug-likeness (QED) is 0.598. The van der Waals surface area contributed by atoms with E-state index in [1.165, 1.54) is 11.6 Å². The molecule has 164 valence electrons. The Morgan fingerprint density at radius 1 is 0.969 bits per heavy atom. The number of halogens is 3. The lowest BCUT2D eigenvalue weighted by molar-refractivity contribution is -0.141. The van der Waals surface area contributed by atoms with E-state index in [0.717, 1.165) is 45.5 Å². The van der Waals surface area contributed by atoms with E-state index in [4.69, 9.17) is 0 Å². The maximum absolute atomic E-state index is 12.9. The standard InChI is InChI=1S/C24H18F3NO3S/c25-24(26,27)23-10-7-16(13-28-23)21-12-20-15(11-22(21)32(29,30)31)6-9-18-17-4-2-1-3-14(17)5-8-19(18)20/h1-2,4-10,12-13,21-22H,3,11H2,(H,29,30,31). The van der Waals surface area contributed by atoms with Gasteiger partial charge in [-0.05, 0) is 56.8 Å². The molecule has 1 aromatic heterocycles. The minimum Gasteiger partial charge on any atom is -0.285 e. The van der Waals surface area contributed by atoms with Crippen LogP contribution in [0.2, 0.25) is 0 Å². The Morgan fingerprint density at radius 2 is 1.69 bits per heavy atom. The van der Waals surface area contributed by atoms with Gasteiger partial charge in [-0.3, -0.25) is 9.54 Å². The maximum Gasteiger partial charge on any atom is 0.433 e. The zero-order valence-electron chi connectivity index (χ0n) is 16.7. The smallest absolute Gasteiger partial charge is 0.285 e. The topological polar surface area (TPSA) is 67.3 Å². The van der Waals surface area contributed by atoms with E-state index in [2.05, 4.69) is 11.1 Å². The van der Waals surface area contributed by atoms with Crippen molar-refractivity contribution in [1.29, 1.82) is 0 Å². The van der Waals surface area contributed by atoms with Crippen molar-refractivity contribution in [2.75, 3.05) is 0 Å². The van der Waals surface area contributed by atoms with Gasteiger partial charge in [-0.2, -0.15) is 21.6 Å². The highest BCUT2D eigenvalue weighted by Crippen LogP contribution is 2.33. The van der Waals surface area contributed by atoms with E-state index in [1.54, 1.807) is 6.08 Å². The lowest BCUT2D eigenvalue weighted by Gasteiger charge is -2.27. The summed E-state index contributed by atoms with van der Waals surface area (Å²) in [4.78, 5) is 3.48. The van der Waals surface area contributed by atoms with E-state index in [0.29, 0.717) is 5.56 Å². The van der Waals surface area contributed by atoms with Crippen LogP contribution in [0.15, 0.2) is 54.7 Å². The normalized spacial score (nSPS) is 20.2. The molecule has 5 rings (SSSR count). The van der Waals surface area contributed by atoms with Crippen LogP contribution in [-0.2, 0) is 29.1 Å². The summed E-state index contributed by atoms with van der Waals surface area (Å²) in [5, 5.41) is 2.69. The predicted molar refractivity (Wildman–Crippen MR) is 116 cm³/mol. The lowest BCUT2D eigenvalue weighted by Crippen LogP contribution is -2.36. The van der Waals surface area contributed by atoms with Crippen LogP contribution < -0.4 is 10.4 Å². The Balaban J connectivity index is 1.73. The molecule has 2 unspecified atom stereocenters. The number of hydrogen-bond acceptors (Lipinski definition) is 3. The minimum atomic E-state index is -4.59. The first-order chi connectivity index (χ1) is 15.1. The fourth-order valence-corrected chi connectivity index (χ4v) is 5.65. The molecule has 2 aliphatic carbocycles. The third kappa shape index (κ3) is 3.53. The van der Waals surface area contributed by atoms with Crippen molar-refractivity contribution in [2.24, 2.45) is 0 Å². The number of rotatable bonds is 2. The Morgan fingerprint density at radius 3 is 2.34 bits per heavy atom. The van der Waals surface area contributed by atoms with Gasteiger partial charge in [0.15, 0.2) is 0 Å². The summed E-state index contributed by atoms with van der Waals surface area (Å²) in [6.07, 6.45) is 5.16. The largest absolute Gasteiger partial charge is 0.433 e. The Hall–Kier alpha value is -2.97. The molecule has 8 heteroatoms. The average molecular weight is 457 g/mol. The first kappa shape index (κ1) is 20.9. The monoisotopic (exact) mass is 457 g/mol. The zero-order valence-corrected chi connectivity index (χ0v) is 17.5. The summed E-state index contributed by atoms with van der Waals surface area (Å²) >= 11 is 0. The predicted octanol–water partition coefficient (Wildman–Crippen LogP) is 3.52. The number of aromatic nitrogens is 1. The second-order valence-corrected chi connectivity index (χ2v) is 9.73. The summed E-state index contributed by atoms with van der Waals surface area (Å²) in [5.41, 5.74) is 1.20. The van der Waals surface area contributed by atoms with Crippen LogP contribution in [0.4, 0.5) is 13.2 Å². The molecular formula is C24H18F3NO3S. The van der Waals surface area contributed by atoms with Gasteiger partial charge >= 0.3 is 6.18 Å². The number of pyridine rings is 1. The van der Waals surface area contributed by atoms with Crippen LogP contribution in [0.3, 0.4) is 0 Å². The van der Waals surface area contributed by atoms with Crippen LogP contribution in [0.5, 0.6) is 0 Å². The van der Waals surface area contributed by atoms with Crippen molar-refractivity contribution in [3.05, 3.63) is 87.6 Å². The highest BCUT2D eigenvalue weighted by atomic mass is 32.2. The van der Waals surface area contributed by atoms with E-state index < -0.39 is 33.2 Å². The van der Waals surface area contributed by atoms with Crippen LogP contribution in [0.25, 0.3) is 22.9 Å². The highest BCUT2D eigenvalue weighted by Gasteiger charge is 2.37. The summed E-state index contributed by atoms with van der Waals surface area (Å²) in [6, 6.07) is 9.91. The Labute approximate surface area is 182 Å². The SMILES string of the molecule is O=S(=O)(O)C1Cc2ccc3c4c(ccc3c2=CC1c1ccc(C(F)(F)F)nc1)CC=CC=4. The molecule has 0 amide bonds. The molecule has 3 aromatic rings. The van der Waals surface area contributed by atoms with Gasteiger partial charge in [-0.25, -0.2) is 0 Å². The molecule has 0 radical (unpaired) electrons. The summed E-state index contributed by atoms with van der Waals surface area (Å²) < 4.78 is 73.0. The van der Waals surface area contributed by atoms with E-state index in [-0.39, 0.29) is 6.42 Å². The summed E-state index contributed by atoms with van der Waals surface area (Å²) in [6.45, 7) is 0. The molecule has 2 atom stereocenters. The molecule has 0 saturated heterocycles. The molecule has 0 aliphatic heterocycles. The molecule has 2 aromatic carbocycles. The van der Waals surface area contributed by atoms with Crippen molar-refractivity contribution < 1.29 is 26.1 Å². The average Bonchev–Trinajstić information content (AvgIpc) is 2.76. The second kappa shape index (κ2) is 7.28. The van der Waals surface area contributed by atoms with E-state index in [9.17, 15) is 26.1 Å². The van der Waals surface area contributed by atoms with E-state index in [1.807, 2.05) is 36.4 Å². The van der Waals surface area contributed by atoms with Gasteiger partial charge in [0.1, 0.15) is 10.9 Å². The van der Waals surface area contributed by atoms with Gasteiger partial charge in [0.05, 0.1) is 0 Å². The van der Waals surface area contributed by atoms with E-state index >= 15 is 0 Å². The highest BCUT2D eigenvalue weighted by molar-refractivity contribution is 7.86. The lowest BCUT2D eigenvalue weighted by atomic mass is 9.84. The van der Waals surface area contributed by atoms with Crippen molar-refractivity contribution in [3.8, 4) is 0 Å². The Bertz CT molecular complexity index is 1490. The third-order valence-corrected chi connectivity index (χ3v) is 7.44. The molecule has 2 aliphatic rings. The summed E-state index contributed by atoms with van der Waals surface area (Å²) in [7, 11) is -4.47. The van der Waals surface area contributed by atoms with Crippen LogP contribution in [0, 0.1) is 0 Å². The summed E-state index contributed by atoms with van der Waals surface area (Å²) in [5.74, 6) is -0.835. The number of allylic oxidation sites excluding steroid dienone is 2. The van der Waals surface area contributed by atoms with Crippen LogP contribution >= 0.6 is 0 Å². The van der Waals surface area contributed by atoms with Crippen molar-refractivity contribution in [1.82, 2.24) is 4.98 Å².